The van der Waals surface area contributed by atoms with Gasteiger partial charge in [-0.05, 0) is 36.0 Å². The van der Waals surface area contributed by atoms with Crippen LogP contribution in [0.4, 0.5) is 0 Å². The van der Waals surface area contributed by atoms with E-state index in [-0.39, 0.29) is 36.2 Å². The Balaban J connectivity index is 1.47. The lowest BCUT2D eigenvalue weighted by Crippen LogP contribution is -2.49. The molecule has 1 aliphatic rings. The number of amides is 2. The fourth-order valence-corrected chi connectivity index (χ4v) is 3.66. The molecule has 1 fully saturated rings. The van der Waals surface area contributed by atoms with Crippen molar-refractivity contribution >= 4 is 17.6 Å². The van der Waals surface area contributed by atoms with Gasteiger partial charge in [0, 0.05) is 18.7 Å². The first-order chi connectivity index (χ1) is 14.9. The highest BCUT2D eigenvalue weighted by Crippen LogP contribution is 2.26. The summed E-state index contributed by atoms with van der Waals surface area (Å²) >= 11 is 0. The molecule has 164 valence electrons. The van der Waals surface area contributed by atoms with Crippen molar-refractivity contribution in [3.05, 3.63) is 70.8 Å². The van der Waals surface area contributed by atoms with Crippen LogP contribution < -0.4 is 21.7 Å². The first-order valence-corrected chi connectivity index (χ1v) is 10.3. The van der Waals surface area contributed by atoms with Crippen LogP contribution in [0.25, 0.3) is 0 Å². The number of nitrogens with one attached hydrogen (secondary N) is 4. The number of benzene rings is 2. The Labute approximate surface area is 181 Å². The molecule has 0 aromatic heterocycles. The maximum Gasteiger partial charge on any atom is 0.242 e. The fraction of sp³-hybridized carbons (Fsp3) is 0.348. The third-order valence-electron chi connectivity index (χ3n) is 5.54. The van der Waals surface area contributed by atoms with E-state index in [4.69, 9.17) is 11.1 Å². The Kier molecular flexibility index (Phi) is 7.38. The second-order valence-electron chi connectivity index (χ2n) is 7.86. The molecule has 3 rings (SSSR count). The van der Waals surface area contributed by atoms with Crippen LogP contribution in [-0.2, 0) is 22.7 Å². The van der Waals surface area contributed by atoms with Crippen LogP contribution in [-0.4, -0.2) is 41.4 Å². The van der Waals surface area contributed by atoms with Gasteiger partial charge in [-0.25, -0.2) is 0 Å². The first kappa shape index (κ1) is 22.5. The molecule has 3 atom stereocenters. The fourth-order valence-electron chi connectivity index (χ4n) is 3.66. The number of nitrogens with two attached hydrogens (primary N) is 1. The van der Waals surface area contributed by atoms with Crippen molar-refractivity contribution in [3.63, 3.8) is 0 Å². The van der Waals surface area contributed by atoms with E-state index in [1.54, 1.807) is 31.2 Å². The maximum absolute atomic E-state index is 12.6. The Bertz CT molecular complexity index is 944. The molecular formula is C23H29N5O3. The Morgan fingerprint density at radius 1 is 1.23 bits per heavy atom. The Hall–Kier alpha value is -3.23. The number of hydrogen-bond donors (Lipinski definition) is 6. The van der Waals surface area contributed by atoms with E-state index < -0.39 is 6.04 Å². The summed E-state index contributed by atoms with van der Waals surface area (Å²) in [6, 6.07) is 13.8. The van der Waals surface area contributed by atoms with Crippen LogP contribution in [0.2, 0.25) is 0 Å². The summed E-state index contributed by atoms with van der Waals surface area (Å²) in [5, 5.41) is 25.5. The highest BCUT2D eigenvalue weighted by Gasteiger charge is 2.31. The lowest BCUT2D eigenvalue weighted by atomic mass is 9.94. The van der Waals surface area contributed by atoms with Crippen molar-refractivity contribution in [3.8, 4) is 0 Å². The summed E-state index contributed by atoms with van der Waals surface area (Å²) in [6.45, 7) is 2.64. The number of aliphatic hydroxyl groups is 1. The average Bonchev–Trinajstić information content (AvgIpc) is 3.28. The molecule has 2 unspecified atom stereocenters. The number of hydrogen-bond acceptors (Lipinski definition) is 5. The molecule has 8 nitrogen and oxygen atoms in total. The molecule has 2 amide bonds. The van der Waals surface area contributed by atoms with E-state index in [0.717, 1.165) is 16.7 Å². The van der Waals surface area contributed by atoms with Crippen LogP contribution >= 0.6 is 0 Å². The monoisotopic (exact) mass is 423 g/mol. The molecule has 0 radical (unpaired) electrons. The minimum atomic E-state index is -0.664. The molecular weight excluding hydrogens is 394 g/mol. The third kappa shape index (κ3) is 5.90. The van der Waals surface area contributed by atoms with Gasteiger partial charge in [0.15, 0.2) is 0 Å². The summed E-state index contributed by atoms with van der Waals surface area (Å²) in [7, 11) is 0. The van der Waals surface area contributed by atoms with Crippen molar-refractivity contribution in [2.24, 2.45) is 5.73 Å². The molecule has 0 saturated carbocycles. The topological polar surface area (TPSA) is 140 Å². The second-order valence-corrected chi connectivity index (χ2v) is 7.86. The van der Waals surface area contributed by atoms with Crippen molar-refractivity contribution in [2.45, 2.75) is 44.5 Å². The van der Waals surface area contributed by atoms with Gasteiger partial charge in [-0.1, -0.05) is 48.5 Å². The van der Waals surface area contributed by atoms with Crippen LogP contribution in [0.5, 0.6) is 0 Å². The third-order valence-corrected chi connectivity index (χ3v) is 5.54. The summed E-state index contributed by atoms with van der Waals surface area (Å²) in [6.07, 6.45) is 0.636. The predicted octanol–water partition coefficient (Wildman–Crippen LogP) is 0.730. The van der Waals surface area contributed by atoms with E-state index in [9.17, 15) is 14.7 Å². The molecule has 7 N–H and O–H groups in total. The van der Waals surface area contributed by atoms with E-state index in [0.29, 0.717) is 25.1 Å². The lowest BCUT2D eigenvalue weighted by Gasteiger charge is -2.17. The zero-order valence-electron chi connectivity index (χ0n) is 17.5. The summed E-state index contributed by atoms with van der Waals surface area (Å²) in [5.41, 5.74) is 8.89. The largest absolute Gasteiger partial charge is 0.392 e. The zero-order chi connectivity index (χ0) is 22.4. The molecule has 0 aliphatic carbocycles. The van der Waals surface area contributed by atoms with Gasteiger partial charge in [-0.2, -0.15) is 0 Å². The molecule has 1 aliphatic heterocycles. The summed E-state index contributed by atoms with van der Waals surface area (Å²) in [5.74, 6) is -0.288. The van der Waals surface area contributed by atoms with E-state index >= 15 is 0 Å². The quantitative estimate of drug-likeness (QED) is 0.274. The SMILES string of the molecule is CC(NC(=O)C1C[C@H](c2cccc(CO)c2)CN1)C(=O)NCc1ccc(C(=N)N)cc1. The van der Waals surface area contributed by atoms with Gasteiger partial charge in [0.25, 0.3) is 0 Å². The molecule has 0 spiro atoms. The van der Waals surface area contributed by atoms with Gasteiger partial charge in [-0.3, -0.25) is 15.0 Å². The molecule has 0 bridgehead atoms. The highest BCUT2D eigenvalue weighted by molar-refractivity contribution is 5.95. The van der Waals surface area contributed by atoms with E-state index in [1.807, 2.05) is 24.3 Å². The van der Waals surface area contributed by atoms with Crippen LogP contribution in [0.1, 0.15) is 41.5 Å². The molecule has 2 aromatic carbocycles. The number of nitrogen functional groups attached to an aromatic ring is 1. The normalized spacial score (nSPS) is 18.9. The van der Waals surface area contributed by atoms with Gasteiger partial charge in [-0.15, -0.1) is 0 Å². The van der Waals surface area contributed by atoms with Gasteiger partial charge in [0.05, 0.1) is 12.6 Å². The number of amidine groups is 1. The number of rotatable bonds is 8. The smallest absolute Gasteiger partial charge is 0.242 e. The number of carbonyl (C=O) groups is 2. The van der Waals surface area contributed by atoms with Crippen LogP contribution in [0.15, 0.2) is 48.5 Å². The van der Waals surface area contributed by atoms with Crippen molar-refractivity contribution in [1.29, 1.82) is 5.41 Å². The van der Waals surface area contributed by atoms with Crippen molar-refractivity contribution in [1.82, 2.24) is 16.0 Å². The van der Waals surface area contributed by atoms with Gasteiger partial charge in [0.2, 0.25) is 11.8 Å². The second kappa shape index (κ2) is 10.2. The average molecular weight is 424 g/mol. The molecule has 1 heterocycles. The molecule has 31 heavy (non-hydrogen) atoms. The van der Waals surface area contributed by atoms with E-state index in [2.05, 4.69) is 16.0 Å². The lowest BCUT2D eigenvalue weighted by molar-refractivity contribution is -0.129. The standard InChI is InChI=1S/C23H29N5O3/c1-14(22(30)27-11-15-5-7-17(8-6-15)21(24)25)28-23(31)20-10-19(12-26-20)18-4-2-3-16(9-18)13-29/h2-9,14,19-20,26,29H,10-13H2,1H3,(H3,24,25)(H,27,30)(H,28,31)/t14?,19-,20?/m0/s1. The van der Waals surface area contributed by atoms with Crippen LogP contribution in [0.3, 0.4) is 0 Å². The van der Waals surface area contributed by atoms with Gasteiger partial charge >= 0.3 is 0 Å². The first-order valence-electron chi connectivity index (χ1n) is 10.3. The van der Waals surface area contributed by atoms with E-state index in [1.165, 1.54) is 0 Å². The Morgan fingerprint density at radius 2 is 1.97 bits per heavy atom. The van der Waals surface area contributed by atoms with Gasteiger partial charge in [0.1, 0.15) is 11.9 Å². The highest BCUT2D eigenvalue weighted by atomic mass is 16.3. The minimum Gasteiger partial charge on any atom is -0.392 e. The van der Waals surface area contributed by atoms with Crippen LogP contribution in [0, 0.1) is 5.41 Å². The summed E-state index contributed by atoms with van der Waals surface area (Å²) < 4.78 is 0. The number of aliphatic hydroxyl groups excluding tert-OH is 1. The Morgan fingerprint density at radius 3 is 2.65 bits per heavy atom. The minimum absolute atomic E-state index is 0.00390. The zero-order valence-corrected chi connectivity index (χ0v) is 17.5. The van der Waals surface area contributed by atoms with Crippen molar-refractivity contribution < 1.29 is 14.7 Å². The summed E-state index contributed by atoms with van der Waals surface area (Å²) in [4.78, 5) is 25.0. The maximum atomic E-state index is 12.6. The molecule has 8 heteroatoms. The molecule has 2 aromatic rings. The van der Waals surface area contributed by atoms with Crippen molar-refractivity contribution in [2.75, 3.05) is 6.54 Å². The number of carbonyl (C=O) groups excluding carboxylic acids is 2. The predicted molar refractivity (Wildman–Crippen MR) is 118 cm³/mol. The molecule has 1 saturated heterocycles. The van der Waals surface area contributed by atoms with Gasteiger partial charge < -0.3 is 26.8 Å².